The Morgan fingerprint density at radius 1 is 1.05 bits per heavy atom. The van der Waals surface area contributed by atoms with E-state index in [0.717, 1.165) is 28.1 Å². The van der Waals surface area contributed by atoms with E-state index in [2.05, 4.69) is 15.6 Å². The Bertz CT molecular complexity index is 1190. The van der Waals surface area contributed by atoms with Crippen molar-refractivity contribution in [3.05, 3.63) is 41.0 Å². The number of thiazole rings is 1. The monoisotopic (exact) mass is 600 g/mol. The molecule has 3 atom stereocenters. The van der Waals surface area contributed by atoms with Gasteiger partial charge in [0.25, 0.3) is 0 Å². The first-order valence-corrected chi connectivity index (χ1v) is 15.9. The van der Waals surface area contributed by atoms with E-state index < -0.39 is 23.5 Å². The predicted molar refractivity (Wildman–Crippen MR) is 167 cm³/mol. The topological polar surface area (TPSA) is 129 Å². The van der Waals surface area contributed by atoms with Crippen LogP contribution < -0.4 is 10.6 Å². The van der Waals surface area contributed by atoms with Crippen molar-refractivity contribution in [2.75, 3.05) is 6.54 Å². The number of carboxylic acids is 1. The fraction of sp³-hybridized carbons (Fsp3) is 0.594. The molecule has 3 rings (SSSR count). The molecule has 1 fully saturated rings. The average molecular weight is 601 g/mol. The lowest BCUT2D eigenvalue weighted by Gasteiger charge is -2.35. The zero-order valence-electron chi connectivity index (χ0n) is 26.2. The molecule has 1 aromatic carbocycles. The minimum atomic E-state index is -0.846. The number of hydrogen-bond acceptors (Lipinski definition) is 6. The molecule has 1 aliphatic rings. The maximum Gasteiger partial charge on any atom is 0.303 e. The van der Waals surface area contributed by atoms with Crippen molar-refractivity contribution >= 4 is 35.0 Å². The summed E-state index contributed by atoms with van der Waals surface area (Å²) in [7, 11) is 0. The Hall–Kier alpha value is -3.27. The second-order valence-corrected chi connectivity index (χ2v) is 12.5. The van der Waals surface area contributed by atoms with Crippen LogP contribution in [0.2, 0.25) is 0 Å². The van der Waals surface area contributed by atoms with E-state index in [4.69, 9.17) is 5.11 Å². The van der Waals surface area contributed by atoms with Crippen LogP contribution in [0.4, 0.5) is 0 Å². The molecule has 0 radical (unpaired) electrons. The third-order valence-corrected chi connectivity index (χ3v) is 8.31. The predicted octanol–water partition coefficient (Wildman–Crippen LogP) is 5.88. The van der Waals surface area contributed by atoms with Crippen molar-refractivity contribution < 1.29 is 24.3 Å². The molecule has 2 aromatic rings. The lowest BCUT2D eigenvalue weighted by atomic mass is 9.85. The molecular weight excluding hydrogens is 552 g/mol. The first-order chi connectivity index (χ1) is 19.9. The van der Waals surface area contributed by atoms with Crippen molar-refractivity contribution in [1.29, 1.82) is 0 Å². The highest BCUT2D eigenvalue weighted by molar-refractivity contribution is 7.13. The van der Waals surface area contributed by atoms with E-state index in [0.29, 0.717) is 32.2 Å². The van der Waals surface area contributed by atoms with Crippen molar-refractivity contribution in [2.24, 2.45) is 5.41 Å². The average Bonchev–Trinajstić information content (AvgIpc) is 3.61. The van der Waals surface area contributed by atoms with Crippen molar-refractivity contribution in [3.8, 4) is 10.4 Å². The molecular formula is C32H48N4O5S. The number of nitrogens with one attached hydrogen (secondary N) is 2. The number of nitrogens with zero attached hydrogens (tertiary/aromatic N) is 2. The minimum Gasteiger partial charge on any atom is -0.481 e. The number of carbonyl (C=O) groups excluding carboxylic acids is 3. The molecule has 42 heavy (non-hydrogen) atoms. The van der Waals surface area contributed by atoms with Crippen LogP contribution in [-0.2, 0) is 19.2 Å². The summed E-state index contributed by atoms with van der Waals surface area (Å²) in [5.74, 6) is -1.53. The molecule has 0 bridgehead atoms. The molecule has 1 saturated heterocycles. The number of aromatic nitrogens is 1. The number of carbonyl (C=O) groups is 4. The number of aliphatic carboxylic acids is 1. The molecule has 0 saturated carbocycles. The van der Waals surface area contributed by atoms with Gasteiger partial charge in [0.1, 0.15) is 12.1 Å². The molecule has 2 heterocycles. The van der Waals surface area contributed by atoms with E-state index in [1.165, 1.54) is 0 Å². The molecule has 10 heteroatoms. The van der Waals surface area contributed by atoms with Crippen LogP contribution in [0, 0.1) is 12.3 Å². The molecule has 9 nitrogen and oxygen atoms in total. The van der Waals surface area contributed by atoms with Crippen molar-refractivity contribution in [2.45, 2.75) is 112 Å². The van der Waals surface area contributed by atoms with E-state index in [1.54, 1.807) is 16.2 Å². The Balaban J connectivity index is 0.00000301. The van der Waals surface area contributed by atoms with Crippen LogP contribution in [0.3, 0.4) is 0 Å². The number of unbranched alkanes of at least 4 members (excludes halogenated alkanes) is 2. The van der Waals surface area contributed by atoms with Gasteiger partial charge in [-0.1, -0.05) is 65.3 Å². The molecule has 3 unspecified atom stereocenters. The van der Waals surface area contributed by atoms with Gasteiger partial charge in [-0.15, -0.1) is 11.3 Å². The van der Waals surface area contributed by atoms with Gasteiger partial charge < -0.3 is 20.6 Å². The van der Waals surface area contributed by atoms with E-state index >= 15 is 0 Å². The molecule has 1 aromatic heterocycles. The highest BCUT2D eigenvalue weighted by Gasteiger charge is 2.42. The molecule has 232 valence electrons. The molecule has 0 aliphatic carbocycles. The van der Waals surface area contributed by atoms with Crippen LogP contribution >= 0.6 is 11.3 Å². The summed E-state index contributed by atoms with van der Waals surface area (Å²) in [4.78, 5) is 57.4. The second-order valence-electron chi connectivity index (χ2n) is 11.6. The minimum absolute atomic E-state index is 0.0830. The fourth-order valence-electron chi connectivity index (χ4n) is 4.98. The molecule has 3 N–H and O–H groups in total. The van der Waals surface area contributed by atoms with Gasteiger partial charge in [0.05, 0.1) is 22.1 Å². The summed E-state index contributed by atoms with van der Waals surface area (Å²) in [6.45, 7) is 14.1. The first-order valence-electron chi connectivity index (χ1n) is 15.0. The quantitative estimate of drug-likeness (QED) is 0.261. The zero-order chi connectivity index (χ0) is 31.4. The van der Waals surface area contributed by atoms with E-state index in [1.807, 2.05) is 78.2 Å². The Labute approximate surface area is 254 Å². The Kier molecular flexibility index (Phi) is 13.6. The van der Waals surface area contributed by atoms with Crippen LogP contribution in [0.1, 0.15) is 104 Å². The van der Waals surface area contributed by atoms with Gasteiger partial charge >= 0.3 is 5.97 Å². The number of hydrogen-bond donors (Lipinski definition) is 3. The summed E-state index contributed by atoms with van der Waals surface area (Å²) < 4.78 is 0. The van der Waals surface area contributed by atoms with E-state index in [-0.39, 0.29) is 36.6 Å². The van der Waals surface area contributed by atoms with Crippen LogP contribution in [0.15, 0.2) is 29.8 Å². The number of amides is 3. The number of carboxylic acid groups (broad SMARTS) is 1. The van der Waals surface area contributed by atoms with Crippen molar-refractivity contribution in [3.63, 3.8) is 0 Å². The van der Waals surface area contributed by atoms with Gasteiger partial charge in [0, 0.05) is 19.4 Å². The van der Waals surface area contributed by atoms with Gasteiger partial charge in [-0.2, -0.15) is 0 Å². The highest BCUT2D eigenvalue weighted by atomic mass is 32.1. The van der Waals surface area contributed by atoms with Crippen LogP contribution in [0.25, 0.3) is 10.4 Å². The highest BCUT2D eigenvalue weighted by Crippen LogP contribution is 2.29. The summed E-state index contributed by atoms with van der Waals surface area (Å²) in [6.07, 6.45) is 3.30. The SMILES string of the molecule is CC.Cc1ncsc1-c1ccc(C(C)NC(=O)C2CCCN2C(=O)C(NC(=O)CCCCCC(=O)O)C(C)(C)C)cc1. The Morgan fingerprint density at radius 3 is 2.26 bits per heavy atom. The smallest absolute Gasteiger partial charge is 0.303 e. The van der Waals surface area contributed by atoms with Crippen LogP contribution in [0.5, 0.6) is 0 Å². The number of aryl methyl sites for hydroxylation is 1. The summed E-state index contributed by atoms with van der Waals surface area (Å²) in [6, 6.07) is 6.48. The standard InChI is InChI=1S/C30H42N4O5S.C2H6/c1-19(21-13-15-22(16-14-21)26-20(2)31-18-40-26)32-28(38)23-10-9-17-34(23)29(39)27(30(3,4)5)33-24(35)11-7-6-8-12-25(36)37;1-2/h13-16,18-19,23,27H,6-12,17H2,1-5H3,(H,32,38)(H,33,35)(H,36,37);1-2H3. The van der Waals surface area contributed by atoms with Crippen LogP contribution in [-0.4, -0.2) is 57.3 Å². The van der Waals surface area contributed by atoms with Gasteiger partial charge in [0.2, 0.25) is 17.7 Å². The lowest BCUT2D eigenvalue weighted by Crippen LogP contribution is -2.57. The molecule has 0 spiro atoms. The van der Waals surface area contributed by atoms with Gasteiger partial charge in [0.15, 0.2) is 0 Å². The summed E-state index contributed by atoms with van der Waals surface area (Å²) >= 11 is 1.60. The maximum atomic E-state index is 13.7. The maximum absolute atomic E-state index is 13.7. The fourth-order valence-corrected chi connectivity index (χ4v) is 5.80. The first kappa shape index (κ1) is 34.9. The van der Waals surface area contributed by atoms with Gasteiger partial charge in [-0.05, 0) is 56.1 Å². The summed E-state index contributed by atoms with van der Waals surface area (Å²) in [5, 5.41) is 14.7. The van der Waals surface area contributed by atoms with Gasteiger partial charge in [-0.25, -0.2) is 4.98 Å². The number of rotatable bonds is 12. The second kappa shape index (κ2) is 16.4. The summed E-state index contributed by atoms with van der Waals surface area (Å²) in [5.41, 5.74) is 4.33. The van der Waals surface area contributed by atoms with Gasteiger partial charge in [-0.3, -0.25) is 19.2 Å². The van der Waals surface area contributed by atoms with E-state index in [9.17, 15) is 19.2 Å². The van der Waals surface area contributed by atoms with Crippen molar-refractivity contribution in [1.82, 2.24) is 20.5 Å². The third-order valence-electron chi connectivity index (χ3n) is 7.33. The largest absolute Gasteiger partial charge is 0.481 e. The number of benzene rings is 1. The third kappa shape index (κ3) is 9.93. The lowest BCUT2D eigenvalue weighted by molar-refractivity contribution is -0.144. The zero-order valence-corrected chi connectivity index (χ0v) is 27.0. The molecule has 3 amide bonds. The normalized spacial score (nSPS) is 16.2. The Morgan fingerprint density at radius 2 is 1.69 bits per heavy atom. The molecule has 1 aliphatic heterocycles. The number of likely N-dealkylation sites (tertiary alicyclic amines) is 1.